The van der Waals surface area contributed by atoms with E-state index in [2.05, 4.69) is 21.2 Å². The number of nitrogens with zero attached hydrogens (tertiary/aromatic N) is 1. The number of benzene rings is 1. The van der Waals surface area contributed by atoms with Crippen LogP contribution in [0.4, 0.5) is 11.4 Å². The second-order valence-corrected chi connectivity index (χ2v) is 5.64. The molecule has 0 aromatic heterocycles. The zero-order valence-electron chi connectivity index (χ0n) is 10.3. The molecule has 1 atom stereocenters. The fourth-order valence-electron chi connectivity index (χ4n) is 1.32. The van der Waals surface area contributed by atoms with Crippen LogP contribution < -0.4 is 11.1 Å². The second-order valence-electron chi connectivity index (χ2n) is 3.80. The molecule has 0 bridgehead atoms. The Morgan fingerprint density at radius 2 is 2.32 bits per heavy atom. The zero-order chi connectivity index (χ0) is 14.4. The molecule has 3 N–H and O–H groups in total. The van der Waals surface area contributed by atoms with Crippen LogP contribution in [0.15, 0.2) is 22.7 Å². The summed E-state index contributed by atoms with van der Waals surface area (Å²) >= 11 is 4.80. The molecule has 1 aromatic carbocycles. The van der Waals surface area contributed by atoms with Crippen molar-refractivity contribution in [1.29, 1.82) is 0 Å². The summed E-state index contributed by atoms with van der Waals surface area (Å²) in [6.45, 7) is 0. The highest BCUT2D eigenvalue weighted by molar-refractivity contribution is 9.10. The van der Waals surface area contributed by atoms with Crippen molar-refractivity contribution in [3.8, 4) is 0 Å². The number of nitro groups is 1. The summed E-state index contributed by atoms with van der Waals surface area (Å²) in [6, 6.07) is 3.55. The molecule has 104 valence electrons. The number of carbonyl (C=O) groups is 1. The monoisotopic (exact) mass is 347 g/mol. The van der Waals surface area contributed by atoms with E-state index in [-0.39, 0.29) is 11.6 Å². The second kappa shape index (κ2) is 7.46. The molecular weight excluding hydrogens is 334 g/mol. The van der Waals surface area contributed by atoms with Crippen LogP contribution in [0.2, 0.25) is 0 Å². The molecule has 8 heteroatoms. The average molecular weight is 348 g/mol. The van der Waals surface area contributed by atoms with Crippen molar-refractivity contribution in [3.63, 3.8) is 0 Å². The van der Waals surface area contributed by atoms with Crippen molar-refractivity contribution in [2.75, 3.05) is 17.3 Å². The number of hydrogen-bond acceptors (Lipinski definition) is 5. The van der Waals surface area contributed by atoms with Gasteiger partial charge < -0.3 is 11.1 Å². The Labute approximate surface area is 123 Å². The van der Waals surface area contributed by atoms with Crippen molar-refractivity contribution in [1.82, 2.24) is 0 Å². The number of thioether (sulfide) groups is 1. The molecule has 0 fully saturated rings. The molecule has 0 radical (unpaired) electrons. The molecule has 0 heterocycles. The molecule has 6 nitrogen and oxygen atoms in total. The highest BCUT2D eigenvalue weighted by atomic mass is 79.9. The van der Waals surface area contributed by atoms with Crippen molar-refractivity contribution >= 4 is 45.0 Å². The van der Waals surface area contributed by atoms with E-state index in [1.807, 2.05) is 6.26 Å². The van der Waals surface area contributed by atoms with Gasteiger partial charge in [0.15, 0.2) is 0 Å². The average Bonchev–Trinajstić information content (AvgIpc) is 2.37. The predicted molar refractivity (Wildman–Crippen MR) is 80.4 cm³/mol. The van der Waals surface area contributed by atoms with E-state index in [9.17, 15) is 14.9 Å². The Morgan fingerprint density at radius 1 is 1.63 bits per heavy atom. The summed E-state index contributed by atoms with van der Waals surface area (Å²) in [4.78, 5) is 21.9. The first-order chi connectivity index (χ1) is 8.95. The molecule has 0 saturated carbocycles. The molecule has 0 spiro atoms. The molecule has 1 rings (SSSR count). The van der Waals surface area contributed by atoms with Gasteiger partial charge >= 0.3 is 0 Å². The Morgan fingerprint density at radius 3 is 2.84 bits per heavy atom. The number of nitrogens with one attached hydrogen (secondary N) is 1. The van der Waals surface area contributed by atoms with Crippen LogP contribution in [0, 0.1) is 10.1 Å². The molecule has 1 amide bonds. The summed E-state index contributed by atoms with van der Waals surface area (Å²) in [5, 5.41) is 13.2. The van der Waals surface area contributed by atoms with Crippen molar-refractivity contribution in [2.45, 2.75) is 12.5 Å². The Kier molecular flexibility index (Phi) is 6.26. The minimum absolute atomic E-state index is 0.0449. The van der Waals surface area contributed by atoms with E-state index in [4.69, 9.17) is 5.73 Å². The maximum Gasteiger partial charge on any atom is 0.270 e. The minimum Gasteiger partial charge on any atom is -0.324 e. The molecule has 19 heavy (non-hydrogen) atoms. The smallest absolute Gasteiger partial charge is 0.270 e. The van der Waals surface area contributed by atoms with Gasteiger partial charge in [0.1, 0.15) is 0 Å². The fourth-order valence-corrected chi connectivity index (χ4v) is 2.28. The first-order valence-electron chi connectivity index (χ1n) is 5.45. The largest absolute Gasteiger partial charge is 0.324 e. The van der Waals surface area contributed by atoms with Gasteiger partial charge in [-0.2, -0.15) is 11.8 Å². The maximum atomic E-state index is 11.8. The number of carbonyl (C=O) groups excluding carboxylic acids is 1. The number of amides is 1. The van der Waals surface area contributed by atoms with Gasteiger partial charge in [0, 0.05) is 16.6 Å². The predicted octanol–water partition coefficient (Wildman–Crippen LogP) is 2.38. The van der Waals surface area contributed by atoms with Gasteiger partial charge in [-0.1, -0.05) is 0 Å². The third-order valence-electron chi connectivity index (χ3n) is 2.39. The van der Waals surface area contributed by atoms with Crippen molar-refractivity contribution in [3.05, 3.63) is 32.8 Å². The molecular formula is C11H14BrN3O3S. The third kappa shape index (κ3) is 4.81. The molecule has 0 aliphatic rings. The highest BCUT2D eigenvalue weighted by Crippen LogP contribution is 2.27. The van der Waals surface area contributed by atoms with Gasteiger partial charge in [0.2, 0.25) is 5.91 Å². The zero-order valence-corrected chi connectivity index (χ0v) is 12.7. The molecule has 0 aliphatic heterocycles. The highest BCUT2D eigenvalue weighted by Gasteiger charge is 2.15. The van der Waals surface area contributed by atoms with Gasteiger partial charge in [-0.3, -0.25) is 14.9 Å². The number of anilines is 1. The number of halogens is 1. The Hall–Kier alpha value is -1.12. The van der Waals surface area contributed by atoms with Crippen molar-refractivity contribution in [2.24, 2.45) is 5.73 Å². The van der Waals surface area contributed by atoms with E-state index < -0.39 is 11.0 Å². The summed E-state index contributed by atoms with van der Waals surface area (Å²) in [5.74, 6) is 0.499. The van der Waals surface area contributed by atoms with Crippen LogP contribution in [-0.4, -0.2) is 28.9 Å². The standard InChI is InChI=1S/C11H14BrN3O3S/c1-19-5-4-9(13)11(16)14-10-3-2-7(15(17)18)6-8(10)12/h2-3,6,9H,4-5,13H2,1H3,(H,14,16)/t9-/m0/s1. The normalized spacial score (nSPS) is 11.9. The third-order valence-corrected chi connectivity index (χ3v) is 3.69. The summed E-state index contributed by atoms with van der Waals surface area (Å²) < 4.78 is 0.451. The summed E-state index contributed by atoms with van der Waals surface area (Å²) in [6.07, 6.45) is 2.52. The van der Waals surface area contributed by atoms with Gasteiger partial charge in [-0.05, 0) is 40.4 Å². The summed E-state index contributed by atoms with van der Waals surface area (Å²) in [5.41, 5.74) is 6.15. The number of nitrogens with two attached hydrogens (primary N) is 1. The maximum absolute atomic E-state index is 11.8. The lowest BCUT2D eigenvalue weighted by atomic mass is 10.2. The lowest BCUT2D eigenvalue weighted by molar-refractivity contribution is -0.384. The van der Waals surface area contributed by atoms with Crippen LogP contribution in [0.1, 0.15) is 6.42 Å². The molecule has 1 aromatic rings. The summed E-state index contributed by atoms with van der Waals surface area (Å²) in [7, 11) is 0. The fraction of sp³-hybridized carbons (Fsp3) is 0.364. The van der Waals surface area contributed by atoms with E-state index in [1.165, 1.54) is 18.2 Å². The molecule has 0 aliphatic carbocycles. The number of nitro benzene ring substituents is 1. The van der Waals surface area contributed by atoms with E-state index >= 15 is 0 Å². The van der Waals surface area contributed by atoms with Crippen LogP contribution in [0.5, 0.6) is 0 Å². The quantitative estimate of drug-likeness (QED) is 0.608. The van der Waals surface area contributed by atoms with E-state index in [0.29, 0.717) is 16.6 Å². The lowest BCUT2D eigenvalue weighted by Gasteiger charge is -2.12. The Balaban J connectivity index is 2.72. The first kappa shape index (κ1) is 15.9. The SMILES string of the molecule is CSCC[C@H](N)C(=O)Nc1ccc([N+](=O)[O-])cc1Br. The van der Waals surface area contributed by atoms with Crippen LogP contribution in [0.25, 0.3) is 0 Å². The van der Waals surface area contributed by atoms with Crippen LogP contribution in [0.3, 0.4) is 0 Å². The number of hydrogen-bond donors (Lipinski definition) is 2. The topological polar surface area (TPSA) is 98.3 Å². The molecule has 0 unspecified atom stereocenters. The van der Waals surface area contributed by atoms with Crippen LogP contribution >= 0.6 is 27.7 Å². The number of non-ortho nitro benzene ring substituents is 1. The van der Waals surface area contributed by atoms with E-state index in [1.54, 1.807) is 11.8 Å². The number of rotatable bonds is 6. The minimum atomic E-state index is -0.588. The van der Waals surface area contributed by atoms with Gasteiger partial charge in [0.05, 0.1) is 16.7 Å². The first-order valence-corrected chi connectivity index (χ1v) is 7.63. The van der Waals surface area contributed by atoms with E-state index in [0.717, 1.165) is 5.75 Å². The lowest BCUT2D eigenvalue weighted by Crippen LogP contribution is -2.36. The van der Waals surface area contributed by atoms with Gasteiger partial charge in [-0.15, -0.1) is 0 Å². The van der Waals surface area contributed by atoms with Crippen LogP contribution in [-0.2, 0) is 4.79 Å². The molecule has 0 saturated heterocycles. The van der Waals surface area contributed by atoms with Crippen molar-refractivity contribution < 1.29 is 9.72 Å². The Bertz CT molecular complexity index is 484. The van der Waals surface area contributed by atoms with Gasteiger partial charge in [-0.25, -0.2) is 0 Å². The van der Waals surface area contributed by atoms with Gasteiger partial charge in [0.25, 0.3) is 5.69 Å².